The van der Waals surface area contributed by atoms with E-state index in [9.17, 15) is 22.8 Å². The minimum Gasteiger partial charge on any atom is -0.371 e. The second-order valence-electron chi connectivity index (χ2n) is 8.52. The molecule has 2 aliphatic rings. The van der Waals surface area contributed by atoms with Crippen LogP contribution in [0.15, 0.2) is 42.5 Å². The molecule has 1 atom stereocenters. The summed E-state index contributed by atoms with van der Waals surface area (Å²) in [6.07, 6.45) is -1.38. The number of hydrogen-bond donors (Lipinski definition) is 3. The summed E-state index contributed by atoms with van der Waals surface area (Å²) >= 11 is 0. The number of alkyl halides is 3. The highest BCUT2D eigenvalue weighted by Gasteiger charge is 2.35. The lowest BCUT2D eigenvalue weighted by molar-refractivity contribution is -0.137. The van der Waals surface area contributed by atoms with E-state index >= 15 is 0 Å². The Hall–Kier alpha value is -3.23. The largest absolute Gasteiger partial charge is 0.418 e. The van der Waals surface area contributed by atoms with Crippen LogP contribution in [0, 0.1) is 5.92 Å². The van der Waals surface area contributed by atoms with Gasteiger partial charge in [-0.3, -0.25) is 9.59 Å². The van der Waals surface area contributed by atoms with Gasteiger partial charge in [-0.25, -0.2) is 0 Å². The van der Waals surface area contributed by atoms with Crippen molar-refractivity contribution in [3.8, 4) is 0 Å². The first-order chi connectivity index (χ1) is 15.8. The van der Waals surface area contributed by atoms with E-state index in [2.05, 4.69) is 16.0 Å². The maximum Gasteiger partial charge on any atom is 0.418 e. The van der Waals surface area contributed by atoms with Crippen molar-refractivity contribution < 1.29 is 22.8 Å². The van der Waals surface area contributed by atoms with Gasteiger partial charge in [0.15, 0.2) is 0 Å². The molecular formula is C24H27F3N4O2. The molecule has 2 aromatic rings. The highest BCUT2D eigenvalue weighted by Crippen LogP contribution is 2.39. The second-order valence-corrected chi connectivity index (χ2v) is 8.52. The van der Waals surface area contributed by atoms with Gasteiger partial charge in [0.05, 0.1) is 11.5 Å². The van der Waals surface area contributed by atoms with Gasteiger partial charge in [-0.1, -0.05) is 12.1 Å². The van der Waals surface area contributed by atoms with E-state index in [1.165, 1.54) is 0 Å². The normalized spacial score (nSPS) is 18.7. The lowest BCUT2D eigenvalue weighted by Gasteiger charge is -2.31. The molecule has 33 heavy (non-hydrogen) atoms. The molecule has 2 saturated heterocycles. The Morgan fingerprint density at radius 2 is 1.73 bits per heavy atom. The smallest absolute Gasteiger partial charge is 0.371 e. The monoisotopic (exact) mass is 460 g/mol. The minimum atomic E-state index is -4.44. The van der Waals surface area contributed by atoms with E-state index in [4.69, 9.17) is 0 Å². The summed E-state index contributed by atoms with van der Waals surface area (Å²) < 4.78 is 41.2. The third-order valence-corrected chi connectivity index (χ3v) is 6.06. The molecule has 2 aromatic carbocycles. The predicted molar refractivity (Wildman–Crippen MR) is 120 cm³/mol. The molecular weight excluding hydrogens is 433 g/mol. The molecule has 9 heteroatoms. The van der Waals surface area contributed by atoms with Gasteiger partial charge < -0.3 is 20.9 Å². The third kappa shape index (κ3) is 5.77. The number of anilines is 3. The second kappa shape index (κ2) is 9.72. The fourth-order valence-corrected chi connectivity index (χ4v) is 4.25. The molecule has 3 N–H and O–H groups in total. The maximum absolute atomic E-state index is 13.7. The molecule has 0 bridgehead atoms. The number of carbonyl (C=O) groups is 2. The van der Waals surface area contributed by atoms with Gasteiger partial charge in [0.1, 0.15) is 0 Å². The number of rotatable bonds is 6. The van der Waals surface area contributed by atoms with E-state index in [-0.39, 0.29) is 29.8 Å². The SMILES string of the molecule is O=C1CC(C(=O)NCc2ccc(Nc3ccc(N4CCCCC4)c(C(F)(F)F)c3)cc2)CN1. The van der Waals surface area contributed by atoms with Gasteiger partial charge in [0, 0.05) is 49.7 Å². The van der Waals surface area contributed by atoms with Crippen molar-refractivity contribution in [2.24, 2.45) is 5.92 Å². The number of piperidine rings is 1. The molecule has 0 aromatic heterocycles. The Balaban J connectivity index is 1.40. The van der Waals surface area contributed by atoms with E-state index < -0.39 is 11.7 Å². The van der Waals surface area contributed by atoms with E-state index in [1.54, 1.807) is 36.4 Å². The van der Waals surface area contributed by atoms with Crippen LogP contribution in [0.4, 0.5) is 30.2 Å². The van der Waals surface area contributed by atoms with Crippen LogP contribution >= 0.6 is 0 Å². The van der Waals surface area contributed by atoms with Gasteiger partial charge in [0.25, 0.3) is 0 Å². The average Bonchev–Trinajstić information content (AvgIpc) is 3.25. The van der Waals surface area contributed by atoms with Crippen molar-refractivity contribution in [3.63, 3.8) is 0 Å². The standard InChI is InChI=1S/C24H27F3N4O2/c25-24(26,27)20-13-19(8-9-21(20)31-10-2-1-3-11-31)30-18-6-4-16(5-7-18)14-29-23(33)17-12-22(32)28-15-17/h4-9,13,17,30H,1-3,10-12,14-15H2,(H,28,32)(H,29,33). The fraction of sp³-hybridized carbons (Fsp3) is 0.417. The van der Waals surface area contributed by atoms with Gasteiger partial charge in [-0.2, -0.15) is 13.2 Å². The lowest BCUT2D eigenvalue weighted by Crippen LogP contribution is -2.31. The van der Waals surface area contributed by atoms with Gasteiger partial charge in [-0.15, -0.1) is 0 Å². The summed E-state index contributed by atoms with van der Waals surface area (Å²) in [5.41, 5.74) is 1.46. The van der Waals surface area contributed by atoms with Crippen LogP contribution in [-0.2, 0) is 22.3 Å². The Morgan fingerprint density at radius 3 is 2.36 bits per heavy atom. The molecule has 2 fully saturated rings. The van der Waals surface area contributed by atoms with Crippen LogP contribution in [-0.4, -0.2) is 31.4 Å². The number of benzene rings is 2. The van der Waals surface area contributed by atoms with Crippen LogP contribution in [0.25, 0.3) is 0 Å². The molecule has 1 unspecified atom stereocenters. The molecule has 176 valence electrons. The number of nitrogens with one attached hydrogen (secondary N) is 3. The molecule has 2 heterocycles. The lowest BCUT2D eigenvalue weighted by atomic mass is 10.1. The first kappa shape index (κ1) is 22.9. The Bertz CT molecular complexity index is 1000. The molecule has 0 radical (unpaired) electrons. The number of hydrogen-bond acceptors (Lipinski definition) is 4. The van der Waals surface area contributed by atoms with Crippen LogP contribution in [0.2, 0.25) is 0 Å². The topological polar surface area (TPSA) is 73.5 Å². The predicted octanol–water partition coefficient (Wildman–Crippen LogP) is 4.19. The molecule has 6 nitrogen and oxygen atoms in total. The van der Waals surface area contributed by atoms with E-state index in [0.717, 1.165) is 30.9 Å². The summed E-state index contributed by atoms with van der Waals surface area (Å²) in [4.78, 5) is 25.2. The van der Waals surface area contributed by atoms with Crippen molar-refractivity contribution in [1.82, 2.24) is 10.6 Å². The molecule has 0 saturated carbocycles. The van der Waals surface area contributed by atoms with Crippen molar-refractivity contribution in [2.45, 2.75) is 38.4 Å². The van der Waals surface area contributed by atoms with Crippen molar-refractivity contribution >= 4 is 28.9 Å². The molecule has 0 spiro atoms. The summed E-state index contributed by atoms with van der Waals surface area (Å²) in [5.74, 6) is -0.651. The molecule has 4 rings (SSSR count). The van der Waals surface area contributed by atoms with Crippen molar-refractivity contribution in [3.05, 3.63) is 53.6 Å². The molecule has 2 amide bonds. The van der Waals surface area contributed by atoms with Crippen LogP contribution in [0.1, 0.15) is 36.8 Å². The van der Waals surface area contributed by atoms with E-state index in [1.807, 2.05) is 4.90 Å². The minimum absolute atomic E-state index is 0.122. The summed E-state index contributed by atoms with van der Waals surface area (Å²) in [7, 11) is 0. The fourth-order valence-electron chi connectivity index (χ4n) is 4.25. The number of halogens is 3. The highest BCUT2D eigenvalue weighted by molar-refractivity contribution is 5.89. The van der Waals surface area contributed by atoms with Crippen LogP contribution in [0.5, 0.6) is 0 Å². The van der Waals surface area contributed by atoms with Gasteiger partial charge in [-0.05, 0) is 55.2 Å². The third-order valence-electron chi connectivity index (χ3n) is 6.06. The summed E-state index contributed by atoms with van der Waals surface area (Å²) in [5, 5.41) is 8.48. The van der Waals surface area contributed by atoms with Crippen molar-refractivity contribution in [2.75, 3.05) is 29.9 Å². The van der Waals surface area contributed by atoms with E-state index in [0.29, 0.717) is 37.6 Å². The number of amides is 2. The zero-order chi connectivity index (χ0) is 23.4. The van der Waals surface area contributed by atoms with Gasteiger partial charge in [0.2, 0.25) is 11.8 Å². The van der Waals surface area contributed by atoms with Crippen molar-refractivity contribution in [1.29, 1.82) is 0 Å². The summed E-state index contributed by atoms with van der Waals surface area (Å²) in [6.45, 7) is 1.94. The summed E-state index contributed by atoms with van der Waals surface area (Å²) in [6, 6.07) is 11.5. The number of nitrogens with zero attached hydrogens (tertiary/aromatic N) is 1. The Morgan fingerprint density at radius 1 is 1.03 bits per heavy atom. The average molecular weight is 461 g/mol. The zero-order valence-electron chi connectivity index (χ0n) is 18.2. The first-order valence-electron chi connectivity index (χ1n) is 11.2. The highest BCUT2D eigenvalue weighted by atomic mass is 19.4. The molecule has 0 aliphatic carbocycles. The Labute approximate surface area is 190 Å². The van der Waals surface area contributed by atoms with Gasteiger partial charge >= 0.3 is 6.18 Å². The number of carbonyl (C=O) groups excluding carboxylic acids is 2. The van der Waals surface area contributed by atoms with Crippen LogP contribution < -0.4 is 20.9 Å². The van der Waals surface area contributed by atoms with Crippen LogP contribution in [0.3, 0.4) is 0 Å². The molecule has 2 aliphatic heterocycles. The zero-order valence-corrected chi connectivity index (χ0v) is 18.2. The maximum atomic E-state index is 13.7. The first-order valence-corrected chi connectivity index (χ1v) is 11.2. The quantitative estimate of drug-likeness (QED) is 0.605. The Kier molecular flexibility index (Phi) is 6.76.